The van der Waals surface area contributed by atoms with Gasteiger partial charge >= 0.3 is 12.4 Å². The van der Waals surface area contributed by atoms with E-state index in [1.54, 1.807) is 0 Å². The summed E-state index contributed by atoms with van der Waals surface area (Å²) in [4.78, 5) is 12.0. The highest BCUT2D eigenvalue weighted by atomic mass is 19.4. The van der Waals surface area contributed by atoms with Crippen LogP contribution in [0.3, 0.4) is 0 Å². The van der Waals surface area contributed by atoms with E-state index in [2.05, 4.69) is 5.32 Å². The monoisotopic (exact) mass is 435 g/mol. The van der Waals surface area contributed by atoms with Crippen molar-refractivity contribution in [3.05, 3.63) is 59.2 Å². The number of methoxy groups -OCH3 is 1. The summed E-state index contributed by atoms with van der Waals surface area (Å²) in [7, 11) is 1.29. The number of ether oxygens (including phenoxy) is 2. The number of aryl methyl sites for hydroxylation is 1. The SMILES string of the molecule is COc1cc(CCC(=O)NCc2ccc(C(F)(F)F)cc2)ccc1OCC(F)(F)F. The number of rotatable bonds is 8. The van der Waals surface area contributed by atoms with Crippen molar-refractivity contribution >= 4 is 5.91 Å². The van der Waals surface area contributed by atoms with Gasteiger partial charge < -0.3 is 14.8 Å². The van der Waals surface area contributed by atoms with Crippen LogP contribution in [0, 0.1) is 0 Å². The normalized spacial score (nSPS) is 11.8. The van der Waals surface area contributed by atoms with Crippen molar-refractivity contribution in [2.75, 3.05) is 13.7 Å². The molecule has 0 spiro atoms. The Balaban J connectivity index is 1.85. The number of alkyl halides is 6. The molecule has 30 heavy (non-hydrogen) atoms. The number of halogens is 6. The van der Waals surface area contributed by atoms with Crippen LogP contribution in [0.4, 0.5) is 26.3 Å². The van der Waals surface area contributed by atoms with E-state index in [0.717, 1.165) is 12.1 Å². The molecule has 0 aliphatic carbocycles. The molecule has 2 aromatic rings. The van der Waals surface area contributed by atoms with Crippen LogP contribution in [0.25, 0.3) is 0 Å². The van der Waals surface area contributed by atoms with Crippen LogP contribution in [0.1, 0.15) is 23.1 Å². The Labute approximate surface area is 168 Å². The van der Waals surface area contributed by atoms with Gasteiger partial charge in [0.15, 0.2) is 18.1 Å². The molecule has 0 atom stereocenters. The number of hydrogen-bond donors (Lipinski definition) is 1. The highest BCUT2D eigenvalue weighted by Gasteiger charge is 2.30. The standard InChI is InChI=1S/C20H19F6NO3/c1-29-17-10-13(4-8-16(17)30-12-19(21,22)23)5-9-18(28)27-11-14-2-6-15(7-3-14)20(24,25)26/h2-4,6-8,10H,5,9,11-12H2,1H3,(H,27,28). The zero-order valence-electron chi connectivity index (χ0n) is 15.9. The van der Waals surface area contributed by atoms with E-state index < -0.39 is 24.5 Å². The van der Waals surface area contributed by atoms with E-state index >= 15 is 0 Å². The van der Waals surface area contributed by atoms with Crippen LogP contribution in [0.15, 0.2) is 42.5 Å². The third kappa shape index (κ3) is 7.49. The zero-order valence-corrected chi connectivity index (χ0v) is 15.9. The summed E-state index contributed by atoms with van der Waals surface area (Å²) in [6.45, 7) is -1.38. The molecule has 164 valence electrons. The van der Waals surface area contributed by atoms with E-state index in [9.17, 15) is 31.1 Å². The van der Waals surface area contributed by atoms with Gasteiger partial charge in [0, 0.05) is 13.0 Å². The Morgan fingerprint density at radius 2 is 1.57 bits per heavy atom. The molecule has 2 rings (SSSR count). The Bertz CT molecular complexity index is 847. The van der Waals surface area contributed by atoms with Gasteiger partial charge in [-0.05, 0) is 41.8 Å². The highest BCUT2D eigenvalue weighted by Crippen LogP contribution is 2.30. The lowest BCUT2D eigenvalue weighted by Crippen LogP contribution is -2.23. The van der Waals surface area contributed by atoms with Crippen LogP contribution in [-0.4, -0.2) is 25.8 Å². The smallest absolute Gasteiger partial charge is 0.422 e. The van der Waals surface area contributed by atoms with Gasteiger partial charge in [0.05, 0.1) is 12.7 Å². The number of benzene rings is 2. The van der Waals surface area contributed by atoms with Gasteiger partial charge in [-0.3, -0.25) is 4.79 Å². The maximum atomic E-state index is 12.5. The van der Waals surface area contributed by atoms with Gasteiger partial charge in [-0.25, -0.2) is 0 Å². The Morgan fingerprint density at radius 3 is 2.13 bits per heavy atom. The summed E-state index contributed by atoms with van der Waals surface area (Å²) in [6, 6.07) is 8.79. The molecule has 0 aromatic heterocycles. The van der Waals surface area contributed by atoms with Crippen molar-refractivity contribution in [3.63, 3.8) is 0 Å². The summed E-state index contributed by atoms with van der Waals surface area (Å²) >= 11 is 0. The van der Waals surface area contributed by atoms with Crippen LogP contribution in [-0.2, 0) is 23.9 Å². The fourth-order valence-corrected chi connectivity index (χ4v) is 2.50. The minimum absolute atomic E-state index is 0.0645. The molecular formula is C20H19F6NO3. The van der Waals surface area contributed by atoms with Crippen molar-refractivity contribution in [1.29, 1.82) is 0 Å². The average molecular weight is 435 g/mol. The van der Waals surface area contributed by atoms with Gasteiger partial charge in [0.2, 0.25) is 5.91 Å². The average Bonchev–Trinajstić information content (AvgIpc) is 2.68. The quantitative estimate of drug-likeness (QED) is 0.600. The lowest BCUT2D eigenvalue weighted by atomic mass is 10.1. The molecule has 0 fully saturated rings. The fourth-order valence-electron chi connectivity index (χ4n) is 2.50. The lowest BCUT2D eigenvalue weighted by molar-refractivity contribution is -0.153. The van der Waals surface area contributed by atoms with Crippen molar-refractivity contribution < 1.29 is 40.6 Å². The minimum Gasteiger partial charge on any atom is -0.493 e. The Hall–Kier alpha value is -2.91. The maximum Gasteiger partial charge on any atom is 0.422 e. The molecular weight excluding hydrogens is 416 g/mol. The minimum atomic E-state index is -4.48. The largest absolute Gasteiger partial charge is 0.493 e. The summed E-state index contributed by atoms with van der Waals surface area (Å²) < 4.78 is 84.1. The fraction of sp³-hybridized carbons (Fsp3) is 0.350. The molecule has 10 heteroatoms. The second-order valence-electron chi connectivity index (χ2n) is 6.36. The molecule has 0 unspecified atom stereocenters. The zero-order chi connectivity index (χ0) is 22.4. The maximum absolute atomic E-state index is 12.5. The van der Waals surface area contributed by atoms with Crippen LogP contribution < -0.4 is 14.8 Å². The predicted molar refractivity (Wildman–Crippen MR) is 96.2 cm³/mol. The molecule has 4 nitrogen and oxygen atoms in total. The van der Waals surface area contributed by atoms with Gasteiger partial charge in [-0.2, -0.15) is 26.3 Å². The van der Waals surface area contributed by atoms with Gasteiger partial charge in [-0.15, -0.1) is 0 Å². The summed E-state index contributed by atoms with van der Waals surface area (Å²) in [5.74, 6) is -0.279. The van der Waals surface area contributed by atoms with Crippen molar-refractivity contribution in [2.45, 2.75) is 31.7 Å². The van der Waals surface area contributed by atoms with E-state index in [1.165, 1.54) is 37.4 Å². The predicted octanol–water partition coefficient (Wildman–Crippen LogP) is 4.90. The molecule has 0 radical (unpaired) electrons. The Morgan fingerprint density at radius 1 is 0.933 bits per heavy atom. The molecule has 1 amide bonds. The third-order valence-electron chi connectivity index (χ3n) is 4.03. The second kappa shape index (κ2) is 9.73. The van der Waals surface area contributed by atoms with Crippen LogP contribution in [0.5, 0.6) is 11.5 Å². The topological polar surface area (TPSA) is 47.6 Å². The summed E-state index contributed by atoms with van der Waals surface area (Å²) in [6.07, 6.45) is -8.54. The second-order valence-corrected chi connectivity index (χ2v) is 6.36. The molecule has 0 saturated heterocycles. The molecule has 0 bridgehead atoms. The van der Waals surface area contributed by atoms with E-state index in [1.807, 2.05) is 0 Å². The summed E-state index contributed by atoms with van der Waals surface area (Å²) in [5.41, 5.74) is 0.397. The molecule has 0 saturated carbocycles. The number of amides is 1. The van der Waals surface area contributed by atoms with Crippen LogP contribution >= 0.6 is 0 Å². The molecule has 0 aliphatic rings. The Kier molecular flexibility index (Phi) is 7.58. The molecule has 2 aromatic carbocycles. The van der Waals surface area contributed by atoms with Gasteiger partial charge in [0.25, 0.3) is 0 Å². The lowest BCUT2D eigenvalue weighted by Gasteiger charge is -2.13. The first-order valence-corrected chi connectivity index (χ1v) is 8.77. The highest BCUT2D eigenvalue weighted by molar-refractivity contribution is 5.76. The van der Waals surface area contributed by atoms with E-state index in [4.69, 9.17) is 9.47 Å². The van der Waals surface area contributed by atoms with Crippen LogP contribution in [0.2, 0.25) is 0 Å². The summed E-state index contributed by atoms with van der Waals surface area (Å²) in [5, 5.41) is 2.60. The third-order valence-corrected chi connectivity index (χ3v) is 4.03. The molecule has 0 aliphatic heterocycles. The number of hydrogen-bond acceptors (Lipinski definition) is 3. The van der Waals surface area contributed by atoms with Gasteiger partial charge in [0.1, 0.15) is 0 Å². The first-order chi connectivity index (χ1) is 14.0. The first-order valence-electron chi connectivity index (χ1n) is 8.77. The van der Waals surface area contributed by atoms with Crippen molar-refractivity contribution in [1.82, 2.24) is 5.32 Å². The number of carbonyl (C=O) groups is 1. The van der Waals surface area contributed by atoms with E-state index in [-0.39, 0.29) is 36.8 Å². The van der Waals surface area contributed by atoms with E-state index in [0.29, 0.717) is 11.1 Å². The van der Waals surface area contributed by atoms with Gasteiger partial charge in [-0.1, -0.05) is 18.2 Å². The van der Waals surface area contributed by atoms with Crippen molar-refractivity contribution in [2.24, 2.45) is 0 Å². The molecule has 0 heterocycles. The first kappa shape index (κ1) is 23.4. The van der Waals surface area contributed by atoms with Crippen molar-refractivity contribution in [3.8, 4) is 11.5 Å². The molecule has 1 N–H and O–H groups in total. The number of carbonyl (C=O) groups excluding carboxylic acids is 1. The number of nitrogens with one attached hydrogen (secondary N) is 1.